The van der Waals surface area contributed by atoms with Gasteiger partial charge in [0.25, 0.3) is 0 Å². The Balaban J connectivity index is 1.64. The molecule has 25 heavy (non-hydrogen) atoms. The fraction of sp³-hybridized carbons (Fsp3) is 0.0556. The molecule has 0 saturated carbocycles. The molecule has 0 aliphatic heterocycles. The molecule has 3 N–H and O–H groups in total. The van der Waals surface area contributed by atoms with Gasteiger partial charge in [0.05, 0.1) is 11.7 Å². The van der Waals surface area contributed by atoms with E-state index in [-0.39, 0.29) is 5.82 Å². The molecular weight excluding hydrogens is 319 g/mol. The molecule has 2 aromatic heterocycles. The molecule has 0 spiro atoms. The minimum absolute atomic E-state index is 0.264. The summed E-state index contributed by atoms with van der Waals surface area (Å²) in [6, 6.07) is 16.0. The van der Waals surface area contributed by atoms with E-state index in [1.54, 1.807) is 12.3 Å². The van der Waals surface area contributed by atoms with Crippen LogP contribution in [0.4, 0.5) is 22.0 Å². The molecule has 7 heteroatoms. The molecule has 0 unspecified atom stereocenters. The minimum Gasteiger partial charge on any atom is -0.350 e. The lowest BCUT2D eigenvalue weighted by atomic mass is 10.2. The van der Waals surface area contributed by atoms with Gasteiger partial charge >= 0.3 is 0 Å². The first-order valence-corrected chi connectivity index (χ1v) is 7.79. The molecule has 0 amide bonds. The molecule has 0 radical (unpaired) electrons. The van der Waals surface area contributed by atoms with E-state index in [0.717, 1.165) is 22.3 Å². The highest BCUT2D eigenvalue weighted by Gasteiger charge is 2.08. The molecule has 124 valence electrons. The number of aromatic nitrogens is 4. The van der Waals surface area contributed by atoms with Gasteiger partial charge in [0.15, 0.2) is 0 Å². The highest BCUT2D eigenvalue weighted by Crippen LogP contribution is 2.24. The molecular formula is C18H15FN6. The van der Waals surface area contributed by atoms with Crippen molar-refractivity contribution in [3.63, 3.8) is 0 Å². The molecule has 0 aliphatic carbocycles. The first-order valence-electron chi connectivity index (χ1n) is 7.79. The summed E-state index contributed by atoms with van der Waals surface area (Å²) in [6.07, 6.45) is 1.66. The van der Waals surface area contributed by atoms with Crippen molar-refractivity contribution in [1.29, 1.82) is 0 Å². The largest absolute Gasteiger partial charge is 0.350 e. The van der Waals surface area contributed by atoms with Crippen LogP contribution in [0.15, 0.2) is 60.8 Å². The number of hydrogen-bond donors (Lipinski definition) is 3. The number of aromatic amines is 1. The Labute approximate surface area is 143 Å². The van der Waals surface area contributed by atoms with Crippen LogP contribution in [0.1, 0.15) is 5.56 Å². The second-order valence-electron chi connectivity index (χ2n) is 5.49. The fourth-order valence-electron chi connectivity index (χ4n) is 2.53. The van der Waals surface area contributed by atoms with Crippen molar-refractivity contribution in [1.82, 2.24) is 20.2 Å². The van der Waals surface area contributed by atoms with Crippen molar-refractivity contribution in [2.45, 2.75) is 6.54 Å². The summed E-state index contributed by atoms with van der Waals surface area (Å²) in [5.41, 5.74) is 1.63. The molecule has 0 aliphatic rings. The van der Waals surface area contributed by atoms with Gasteiger partial charge in [-0.15, -0.1) is 0 Å². The standard InChI is InChI=1S/C18H15FN6/c19-13-5-3-4-12(10-13)11-20-18-22-15-7-2-1-6-14(15)17(24-18)23-16-8-9-21-25-16/h1-10H,11H2,(H3,20,21,22,23,24,25). The third-order valence-corrected chi connectivity index (χ3v) is 3.70. The summed E-state index contributed by atoms with van der Waals surface area (Å²) in [5.74, 6) is 1.60. The van der Waals surface area contributed by atoms with E-state index in [4.69, 9.17) is 0 Å². The van der Waals surface area contributed by atoms with Crippen LogP contribution in [0.2, 0.25) is 0 Å². The maximum atomic E-state index is 13.3. The van der Waals surface area contributed by atoms with Crippen LogP contribution in [-0.4, -0.2) is 20.2 Å². The molecule has 0 fully saturated rings. The average molecular weight is 334 g/mol. The number of para-hydroxylation sites is 1. The Morgan fingerprint density at radius 1 is 1.00 bits per heavy atom. The second kappa shape index (κ2) is 6.56. The summed E-state index contributed by atoms with van der Waals surface area (Å²) in [6.45, 7) is 0.430. The van der Waals surface area contributed by atoms with Gasteiger partial charge < -0.3 is 10.6 Å². The third kappa shape index (κ3) is 3.40. The van der Waals surface area contributed by atoms with Crippen molar-refractivity contribution >= 4 is 28.5 Å². The minimum atomic E-state index is -0.264. The zero-order chi connectivity index (χ0) is 17.1. The van der Waals surface area contributed by atoms with E-state index >= 15 is 0 Å². The van der Waals surface area contributed by atoms with Gasteiger partial charge in [0, 0.05) is 18.0 Å². The molecule has 0 bridgehead atoms. The smallest absolute Gasteiger partial charge is 0.225 e. The Morgan fingerprint density at radius 2 is 1.92 bits per heavy atom. The Kier molecular flexibility index (Phi) is 3.96. The summed E-state index contributed by atoms with van der Waals surface area (Å²) in [5, 5.41) is 14.0. The zero-order valence-electron chi connectivity index (χ0n) is 13.2. The summed E-state index contributed by atoms with van der Waals surface area (Å²) in [4.78, 5) is 9.06. The third-order valence-electron chi connectivity index (χ3n) is 3.70. The maximum Gasteiger partial charge on any atom is 0.225 e. The predicted molar refractivity (Wildman–Crippen MR) is 95.1 cm³/mol. The topological polar surface area (TPSA) is 78.5 Å². The van der Waals surface area contributed by atoms with Crippen molar-refractivity contribution in [3.8, 4) is 0 Å². The maximum absolute atomic E-state index is 13.3. The van der Waals surface area contributed by atoms with E-state index in [1.165, 1.54) is 12.1 Å². The predicted octanol–water partition coefficient (Wildman–Crippen LogP) is 3.85. The van der Waals surface area contributed by atoms with Crippen molar-refractivity contribution in [2.24, 2.45) is 0 Å². The lowest BCUT2D eigenvalue weighted by Crippen LogP contribution is -2.06. The van der Waals surface area contributed by atoms with Crippen LogP contribution < -0.4 is 10.6 Å². The number of rotatable bonds is 5. The normalized spacial score (nSPS) is 10.8. The van der Waals surface area contributed by atoms with Gasteiger partial charge in [0.1, 0.15) is 17.5 Å². The van der Waals surface area contributed by atoms with Gasteiger partial charge in [-0.25, -0.2) is 9.37 Å². The van der Waals surface area contributed by atoms with Crippen LogP contribution in [-0.2, 0) is 6.54 Å². The van der Waals surface area contributed by atoms with Gasteiger partial charge in [-0.3, -0.25) is 5.10 Å². The van der Waals surface area contributed by atoms with Crippen LogP contribution >= 0.6 is 0 Å². The monoisotopic (exact) mass is 334 g/mol. The van der Waals surface area contributed by atoms with E-state index in [9.17, 15) is 4.39 Å². The van der Waals surface area contributed by atoms with Crippen molar-refractivity contribution in [3.05, 3.63) is 72.2 Å². The molecule has 0 saturated heterocycles. The highest BCUT2D eigenvalue weighted by molar-refractivity contribution is 5.91. The number of H-pyrrole nitrogens is 1. The van der Waals surface area contributed by atoms with E-state index < -0.39 is 0 Å². The fourth-order valence-corrected chi connectivity index (χ4v) is 2.53. The van der Waals surface area contributed by atoms with Gasteiger partial charge in [-0.05, 0) is 29.8 Å². The molecule has 6 nitrogen and oxygen atoms in total. The summed E-state index contributed by atoms with van der Waals surface area (Å²) < 4.78 is 13.3. The highest BCUT2D eigenvalue weighted by atomic mass is 19.1. The van der Waals surface area contributed by atoms with E-state index in [2.05, 4.69) is 30.8 Å². The first kappa shape index (κ1) is 15.1. The number of hydrogen-bond acceptors (Lipinski definition) is 5. The average Bonchev–Trinajstić information content (AvgIpc) is 3.13. The Hall–Kier alpha value is -3.48. The quantitative estimate of drug-likeness (QED) is 0.517. The Morgan fingerprint density at radius 3 is 2.76 bits per heavy atom. The van der Waals surface area contributed by atoms with Gasteiger partial charge in [-0.1, -0.05) is 24.3 Å². The second-order valence-corrected chi connectivity index (χ2v) is 5.49. The van der Waals surface area contributed by atoms with E-state index in [0.29, 0.717) is 18.3 Å². The Bertz CT molecular complexity index is 1000. The first-order chi connectivity index (χ1) is 12.3. The number of benzene rings is 2. The number of nitrogens with one attached hydrogen (secondary N) is 3. The zero-order valence-corrected chi connectivity index (χ0v) is 13.2. The van der Waals surface area contributed by atoms with Crippen LogP contribution in [0.3, 0.4) is 0 Å². The van der Waals surface area contributed by atoms with Crippen LogP contribution in [0.5, 0.6) is 0 Å². The number of anilines is 3. The molecule has 4 rings (SSSR count). The molecule has 2 aromatic carbocycles. The van der Waals surface area contributed by atoms with Crippen molar-refractivity contribution in [2.75, 3.05) is 10.6 Å². The SMILES string of the molecule is Fc1cccc(CNc2nc(Nc3ccn[nH]3)c3ccccc3n2)c1. The number of nitrogens with zero attached hydrogens (tertiary/aromatic N) is 3. The van der Waals surface area contributed by atoms with Gasteiger partial charge in [-0.2, -0.15) is 10.1 Å². The number of halogens is 1. The van der Waals surface area contributed by atoms with Crippen LogP contribution in [0, 0.1) is 5.82 Å². The van der Waals surface area contributed by atoms with E-state index in [1.807, 2.05) is 36.4 Å². The van der Waals surface area contributed by atoms with Crippen molar-refractivity contribution < 1.29 is 4.39 Å². The molecule has 2 heterocycles. The summed E-state index contributed by atoms with van der Waals surface area (Å²) in [7, 11) is 0. The van der Waals surface area contributed by atoms with Gasteiger partial charge in [0.2, 0.25) is 5.95 Å². The lowest BCUT2D eigenvalue weighted by Gasteiger charge is -2.11. The summed E-state index contributed by atoms with van der Waals surface area (Å²) >= 11 is 0. The molecule has 4 aromatic rings. The number of fused-ring (bicyclic) bond motifs is 1. The molecule has 0 atom stereocenters. The van der Waals surface area contributed by atoms with Crippen LogP contribution in [0.25, 0.3) is 10.9 Å². The lowest BCUT2D eigenvalue weighted by molar-refractivity contribution is 0.626.